The maximum atomic E-state index is 12.7. The Balaban J connectivity index is 2.26. The molecule has 0 radical (unpaired) electrons. The van der Waals surface area contributed by atoms with Crippen LogP contribution in [0.2, 0.25) is 10.0 Å². The highest BCUT2D eigenvalue weighted by Crippen LogP contribution is 2.27. The van der Waals surface area contributed by atoms with Gasteiger partial charge < -0.3 is 5.73 Å². The van der Waals surface area contributed by atoms with Crippen molar-refractivity contribution >= 4 is 46.1 Å². The van der Waals surface area contributed by atoms with E-state index in [0.29, 0.717) is 11.0 Å². The lowest BCUT2D eigenvalue weighted by Gasteiger charge is -2.08. The van der Waals surface area contributed by atoms with Crippen molar-refractivity contribution in [2.24, 2.45) is 0 Å². The number of nitrogen functional groups attached to an aromatic ring is 1. The molecule has 3 aromatic rings. The van der Waals surface area contributed by atoms with Crippen LogP contribution in [0.5, 0.6) is 0 Å². The number of nitrogens with zero attached hydrogens (tertiary/aromatic N) is 2. The Morgan fingerprint density at radius 2 is 1.70 bits per heavy atom. The topological polar surface area (TPSA) is 60.9 Å². The molecule has 0 saturated heterocycles. The number of para-hydroxylation sites is 2. The Hall–Kier alpha value is -2.04. The largest absolute Gasteiger partial charge is 0.369 e. The molecular formula is C14H9Cl2N3O. The van der Waals surface area contributed by atoms with E-state index in [-0.39, 0.29) is 21.6 Å². The molecule has 0 spiro atoms. The molecule has 0 aliphatic rings. The summed E-state index contributed by atoms with van der Waals surface area (Å²) in [5.41, 5.74) is 7.31. The summed E-state index contributed by atoms with van der Waals surface area (Å²) in [7, 11) is 0. The summed E-state index contributed by atoms with van der Waals surface area (Å²) in [5, 5.41) is 0.555. The Morgan fingerprint density at radius 1 is 1.05 bits per heavy atom. The van der Waals surface area contributed by atoms with E-state index in [0.717, 1.165) is 0 Å². The van der Waals surface area contributed by atoms with Gasteiger partial charge in [-0.05, 0) is 24.3 Å². The third kappa shape index (κ3) is 1.94. The van der Waals surface area contributed by atoms with Crippen LogP contribution in [-0.2, 0) is 0 Å². The Bertz CT molecular complexity index is 806. The summed E-state index contributed by atoms with van der Waals surface area (Å²) >= 11 is 12.1. The minimum Gasteiger partial charge on any atom is -0.369 e. The van der Waals surface area contributed by atoms with Crippen molar-refractivity contribution in [3.8, 4) is 0 Å². The second-order valence-electron chi connectivity index (χ2n) is 4.20. The fourth-order valence-electron chi connectivity index (χ4n) is 2.07. The van der Waals surface area contributed by atoms with E-state index in [1.807, 2.05) is 6.07 Å². The number of hydrogen-bond acceptors (Lipinski definition) is 3. The lowest BCUT2D eigenvalue weighted by molar-refractivity contribution is 0.0967. The van der Waals surface area contributed by atoms with Gasteiger partial charge in [0.2, 0.25) is 5.95 Å². The summed E-state index contributed by atoms with van der Waals surface area (Å²) in [6.45, 7) is 0. The molecule has 4 nitrogen and oxygen atoms in total. The minimum absolute atomic E-state index is 0.104. The first-order valence-electron chi connectivity index (χ1n) is 5.81. The third-order valence-corrected chi connectivity index (χ3v) is 3.60. The Labute approximate surface area is 124 Å². The standard InChI is InChI=1S/C14H9Cl2N3O/c15-8-4-3-5-9(16)12(8)13(20)19-11-7-2-1-6-10(11)18-14(19)17/h1-7H,(H2,17,18). The van der Waals surface area contributed by atoms with Crippen LogP contribution in [0.3, 0.4) is 0 Å². The van der Waals surface area contributed by atoms with Gasteiger partial charge in [-0.2, -0.15) is 0 Å². The van der Waals surface area contributed by atoms with E-state index < -0.39 is 5.91 Å². The van der Waals surface area contributed by atoms with Crippen LogP contribution in [0.4, 0.5) is 5.95 Å². The predicted octanol–water partition coefficient (Wildman–Crippen LogP) is 3.61. The first-order chi connectivity index (χ1) is 9.59. The molecule has 0 aliphatic heterocycles. The Kier molecular flexibility index (Phi) is 3.12. The van der Waals surface area contributed by atoms with E-state index >= 15 is 0 Å². The summed E-state index contributed by atoms with van der Waals surface area (Å²) < 4.78 is 1.31. The van der Waals surface area contributed by atoms with Gasteiger partial charge in [0.1, 0.15) is 0 Å². The Morgan fingerprint density at radius 3 is 2.40 bits per heavy atom. The van der Waals surface area contributed by atoms with Gasteiger partial charge in [-0.1, -0.05) is 41.4 Å². The first-order valence-corrected chi connectivity index (χ1v) is 6.57. The lowest BCUT2D eigenvalue weighted by Crippen LogP contribution is -2.15. The third-order valence-electron chi connectivity index (χ3n) is 2.97. The number of halogens is 2. The highest BCUT2D eigenvalue weighted by atomic mass is 35.5. The molecule has 1 aromatic heterocycles. The summed E-state index contributed by atoms with van der Waals surface area (Å²) in [6.07, 6.45) is 0. The number of fused-ring (bicyclic) bond motifs is 1. The highest BCUT2D eigenvalue weighted by molar-refractivity contribution is 6.40. The quantitative estimate of drug-likeness (QED) is 0.747. The van der Waals surface area contributed by atoms with Crippen LogP contribution in [0.15, 0.2) is 42.5 Å². The number of hydrogen-bond donors (Lipinski definition) is 1. The summed E-state index contributed by atoms with van der Waals surface area (Å²) in [4.78, 5) is 16.8. The van der Waals surface area contributed by atoms with Crippen LogP contribution in [-0.4, -0.2) is 15.5 Å². The minimum atomic E-state index is -0.396. The van der Waals surface area contributed by atoms with Gasteiger partial charge in [0.25, 0.3) is 5.91 Å². The molecule has 6 heteroatoms. The number of benzene rings is 2. The molecule has 0 unspecified atom stereocenters. The maximum absolute atomic E-state index is 12.7. The van der Waals surface area contributed by atoms with Crippen LogP contribution in [0.25, 0.3) is 11.0 Å². The normalized spacial score (nSPS) is 10.9. The SMILES string of the molecule is Nc1nc2ccccc2n1C(=O)c1c(Cl)cccc1Cl. The molecule has 0 amide bonds. The van der Waals surface area contributed by atoms with Gasteiger partial charge >= 0.3 is 0 Å². The zero-order chi connectivity index (χ0) is 14.3. The molecule has 0 saturated carbocycles. The smallest absolute Gasteiger partial charge is 0.268 e. The molecule has 2 aromatic carbocycles. The van der Waals surface area contributed by atoms with E-state index in [9.17, 15) is 4.79 Å². The average Bonchev–Trinajstić information content (AvgIpc) is 2.74. The van der Waals surface area contributed by atoms with Gasteiger partial charge in [0.15, 0.2) is 0 Å². The van der Waals surface area contributed by atoms with Gasteiger partial charge in [-0.15, -0.1) is 0 Å². The van der Waals surface area contributed by atoms with Gasteiger partial charge in [0, 0.05) is 0 Å². The number of rotatable bonds is 1. The number of carbonyl (C=O) groups excluding carboxylic acids is 1. The van der Waals surface area contributed by atoms with Crippen molar-refractivity contribution in [1.29, 1.82) is 0 Å². The molecule has 1 heterocycles. The number of carbonyl (C=O) groups is 1. The molecule has 0 atom stereocenters. The van der Waals surface area contributed by atoms with Crippen LogP contribution in [0, 0.1) is 0 Å². The molecule has 0 aliphatic carbocycles. The van der Waals surface area contributed by atoms with Crippen molar-refractivity contribution in [2.75, 3.05) is 5.73 Å². The van der Waals surface area contributed by atoms with Crippen molar-refractivity contribution in [3.63, 3.8) is 0 Å². The van der Waals surface area contributed by atoms with Crippen LogP contribution in [0.1, 0.15) is 10.4 Å². The summed E-state index contributed by atoms with van der Waals surface area (Å²) in [5.74, 6) is -0.293. The van der Waals surface area contributed by atoms with E-state index in [2.05, 4.69) is 4.98 Å². The van der Waals surface area contributed by atoms with Gasteiger partial charge in [-0.3, -0.25) is 4.79 Å². The molecule has 100 valence electrons. The van der Waals surface area contributed by atoms with Crippen LogP contribution >= 0.6 is 23.2 Å². The lowest BCUT2D eigenvalue weighted by atomic mass is 10.2. The van der Waals surface area contributed by atoms with Crippen molar-refractivity contribution in [1.82, 2.24) is 9.55 Å². The fourth-order valence-corrected chi connectivity index (χ4v) is 2.63. The van der Waals surface area contributed by atoms with Gasteiger partial charge in [-0.25, -0.2) is 9.55 Å². The van der Waals surface area contributed by atoms with Crippen LogP contribution < -0.4 is 5.73 Å². The average molecular weight is 306 g/mol. The molecule has 3 rings (SSSR count). The second-order valence-corrected chi connectivity index (χ2v) is 5.01. The van der Waals surface area contributed by atoms with E-state index in [1.54, 1.807) is 36.4 Å². The van der Waals surface area contributed by atoms with Crippen molar-refractivity contribution in [3.05, 3.63) is 58.1 Å². The zero-order valence-corrected chi connectivity index (χ0v) is 11.7. The number of imidazole rings is 1. The van der Waals surface area contributed by atoms with E-state index in [4.69, 9.17) is 28.9 Å². The highest BCUT2D eigenvalue weighted by Gasteiger charge is 2.21. The van der Waals surface area contributed by atoms with Gasteiger partial charge in [0.05, 0.1) is 26.6 Å². The number of nitrogens with two attached hydrogens (primary N) is 1. The van der Waals surface area contributed by atoms with Crippen molar-refractivity contribution < 1.29 is 4.79 Å². The monoisotopic (exact) mass is 305 g/mol. The summed E-state index contributed by atoms with van der Waals surface area (Å²) in [6, 6.07) is 12.1. The maximum Gasteiger partial charge on any atom is 0.268 e. The predicted molar refractivity (Wildman–Crippen MR) is 80.3 cm³/mol. The zero-order valence-electron chi connectivity index (χ0n) is 10.2. The van der Waals surface area contributed by atoms with E-state index in [1.165, 1.54) is 4.57 Å². The molecule has 0 fully saturated rings. The van der Waals surface area contributed by atoms with Crippen molar-refractivity contribution in [2.45, 2.75) is 0 Å². The molecule has 0 bridgehead atoms. The molecular weight excluding hydrogens is 297 g/mol. The number of anilines is 1. The first kappa shape index (κ1) is 13.0. The fraction of sp³-hybridized carbons (Fsp3) is 0. The molecule has 2 N–H and O–H groups in total. The second kappa shape index (κ2) is 4.81. The number of aromatic nitrogens is 2. The molecule has 20 heavy (non-hydrogen) atoms.